The molecule has 2 aromatic rings. The molecule has 0 fully saturated rings. The van der Waals surface area contributed by atoms with Crippen LogP contribution >= 0.6 is 11.8 Å². The molecule has 74 valence electrons. The maximum absolute atomic E-state index is 11.3. The van der Waals surface area contributed by atoms with Gasteiger partial charge in [0.15, 0.2) is 5.16 Å². The standard InChI is InChI=1S/C9H6N4OS/c1-15-9-11-4-6-2-5(3-10)8(14)12-7(6)13-9/h2,4H,1H3,(H,11,12,13,14). The normalized spacial score (nSPS) is 10.1. The van der Waals surface area contributed by atoms with Crippen LogP contribution in [-0.4, -0.2) is 21.2 Å². The molecule has 2 aromatic heterocycles. The lowest BCUT2D eigenvalue weighted by Crippen LogP contribution is -2.10. The fourth-order valence-corrected chi connectivity index (χ4v) is 1.50. The molecule has 0 aromatic carbocycles. The van der Waals surface area contributed by atoms with Gasteiger partial charge in [-0.15, -0.1) is 0 Å². The predicted molar refractivity (Wildman–Crippen MR) is 56.7 cm³/mol. The zero-order chi connectivity index (χ0) is 10.8. The number of nitriles is 1. The van der Waals surface area contributed by atoms with Crippen LogP contribution in [0.15, 0.2) is 22.2 Å². The molecule has 0 saturated carbocycles. The third-order valence-electron chi connectivity index (χ3n) is 1.87. The lowest BCUT2D eigenvalue weighted by molar-refractivity contribution is 0.987. The zero-order valence-electron chi connectivity index (χ0n) is 7.81. The molecule has 5 nitrogen and oxygen atoms in total. The summed E-state index contributed by atoms with van der Waals surface area (Å²) in [6, 6.07) is 3.30. The van der Waals surface area contributed by atoms with Crippen molar-refractivity contribution in [3.05, 3.63) is 28.2 Å². The summed E-state index contributed by atoms with van der Waals surface area (Å²) in [6.07, 6.45) is 3.44. The van der Waals surface area contributed by atoms with Gasteiger partial charge in [-0.3, -0.25) is 4.79 Å². The van der Waals surface area contributed by atoms with Gasteiger partial charge in [-0.25, -0.2) is 9.97 Å². The molecule has 0 aliphatic carbocycles. The van der Waals surface area contributed by atoms with Gasteiger partial charge in [-0.2, -0.15) is 5.26 Å². The van der Waals surface area contributed by atoms with Crippen molar-refractivity contribution in [2.24, 2.45) is 0 Å². The number of hydrogen-bond acceptors (Lipinski definition) is 5. The minimum absolute atomic E-state index is 0.0722. The lowest BCUT2D eigenvalue weighted by atomic mass is 10.2. The Kier molecular flexibility index (Phi) is 2.39. The highest BCUT2D eigenvalue weighted by atomic mass is 32.2. The molecule has 0 saturated heterocycles. The van der Waals surface area contributed by atoms with E-state index >= 15 is 0 Å². The smallest absolute Gasteiger partial charge is 0.267 e. The molecular formula is C9H6N4OS. The second kappa shape index (κ2) is 3.71. The quantitative estimate of drug-likeness (QED) is 0.568. The number of rotatable bonds is 1. The molecule has 0 spiro atoms. The summed E-state index contributed by atoms with van der Waals surface area (Å²) < 4.78 is 0. The van der Waals surface area contributed by atoms with Gasteiger partial charge in [0.1, 0.15) is 17.3 Å². The number of pyridine rings is 1. The fraction of sp³-hybridized carbons (Fsp3) is 0.111. The van der Waals surface area contributed by atoms with E-state index in [2.05, 4.69) is 15.0 Å². The molecule has 0 amide bonds. The molecule has 0 aliphatic rings. The van der Waals surface area contributed by atoms with Crippen molar-refractivity contribution in [1.29, 1.82) is 5.26 Å². The van der Waals surface area contributed by atoms with Crippen LogP contribution in [0, 0.1) is 11.3 Å². The van der Waals surface area contributed by atoms with E-state index in [1.165, 1.54) is 17.8 Å². The highest BCUT2D eigenvalue weighted by Gasteiger charge is 2.04. The van der Waals surface area contributed by atoms with Crippen LogP contribution in [-0.2, 0) is 0 Å². The Labute approximate surface area is 89.2 Å². The zero-order valence-corrected chi connectivity index (χ0v) is 8.63. The van der Waals surface area contributed by atoms with Crippen molar-refractivity contribution in [3.63, 3.8) is 0 Å². The van der Waals surface area contributed by atoms with Crippen LogP contribution in [0.25, 0.3) is 11.0 Å². The number of nitrogens with zero attached hydrogens (tertiary/aromatic N) is 3. The van der Waals surface area contributed by atoms with Crippen molar-refractivity contribution in [3.8, 4) is 6.07 Å². The number of nitrogens with one attached hydrogen (secondary N) is 1. The van der Waals surface area contributed by atoms with E-state index in [4.69, 9.17) is 5.26 Å². The molecule has 0 unspecified atom stereocenters. The summed E-state index contributed by atoms with van der Waals surface area (Å²) in [6.45, 7) is 0. The summed E-state index contributed by atoms with van der Waals surface area (Å²) in [4.78, 5) is 22.0. The molecule has 2 heterocycles. The van der Waals surface area contributed by atoms with Crippen molar-refractivity contribution in [2.75, 3.05) is 6.26 Å². The molecule has 0 atom stereocenters. The predicted octanol–water partition coefficient (Wildman–Crippen LogP) is 0.912. The molecule has 2 rings (SSSR count). The summed E-state index contributed by atoms with van der Waals surface area (Å²) in [5, 5.41) is 9.91. The first-order valence-corrected chi connectivity index (χ1v) is 5.31. The first kappa shape index (κ1) is 9.68. The van der Waals surface area contributed by atoms with Crippen molar-refractivity contribution < 1.29 is 0 Å². The van der Waals surface area contributed by atoms with Gasteiger partial charge in [0.05, 0.1) is 0 Å². The van der Waals surface area contributed by atoms with Gasteiger partial charge in [0.25, 0.3) is 5.56 Å². The number of fused-ring (bicyclic) bond motifs is 1. The van der Waals surface area contributed by atoms with E-state index in [1.807, 2.05) is 12.3 Å². The number of aromatic amines is 1. The molecule has 15 heavy (non-hydrogen) atoms. The van der Waals surface area contributed by atoms with E-state index in [9.17, 15) is 4.79 Å². The third-order valence-corrected chi connectivity index (χ3v) is 2.44. The number of aromatic nitrogens is 3. The number of hydrogen-bond donors (Lipinski definition) is 1. The SMILES string of the molecule is CSc1ncc2cc(C#N)c(=O)[nH]c2n1. The Morgan fingerprint density at radius 3 is 3.07 bits per heavy atom. The molecular weight excluding hydrogens is 212 g/mol. The summed E-state index contributed by atoms with van der Waals surface area (Å²) >= 11 is 1.39. The van der Waals surface area contributed by atoms with Crippen LogP contribution in [0.4, 0.5) is 0 Å². The van der Waals surface area contributed by atoms with Gasteiger partial charge in [-0.1, -0.05) is 11.8 Å². The average molecular weight is 218 g/mol. The van der Waals surface area contributed by atoms with Crippen LogP contribution in [0.2, 0.25) is 0 Å². The number of thioether (sulfide) groups is 1. The summed E-state index contributed by atoms with van der Waals surface area (Å²) in [7, 11) is 0. The van der Waals surface area contributed by atoms with E-state index < -0.39 is 5.56 Å². The van der Waals surface area contributed by atoms with Crippen molar-refractivity contribution >= 4 is 22.8 Å². The maximum Gasteiger partial charge on any atom is 0.267 e. The molecule has 6 heteroatoms. The number of H-pyrrole nitrogens is 1. The minimum atomic E-state index is -0.421. The van der Waals surface area contributed by atoms with E-state index in [1.54, 1.807) is 6.20 Å². The van der Waals surface area contributed by atoms with E-state index in [0.717, 1.165) is 0 Å². The monoisotopic (exact) mass is 218 g/mol. The second-order valence-corrected chi connectivity index (χ2v) is 3.56. The van der Waals surface area contributed by atoms with Crippen LogP contribution < -0.4 is 5.56 Å². The van der Waals surface area contributed by atoms with Gasteiger partial charge in [0, 0.05) is 11.6 Å². The molecule has 0 radical (unpaired) electrons. The fourth-order valence-electron chi connectivity index (χ4n) is 1.16. The second-order valence-electron chi connectivity index (χ2n) is 2.78. The van der Waals surface area contributed by atoms with Crippen LogP contribution in [0.3, 0.4) is 0 Å². The highest BCUT2D eigenvalue weighted by molar-refractivity contribution is 7.98. The Bertz CT molecular complexity index is 614. The molecule has 1 N–H and O–H groups in total. The largest absolute Gasteiger partial charge is 0.305 e. The molecule has 0 aliphatic heterocycles. The van der Waals surface area contributed by atoms with E-state index in [-0.39, 0.29) is 5.56 Å². The van der Waals surface area contributed by atoms with E-state index in [0.29, 0.717) is 16.2 Å². The minimum Gasteiger partial charge on any atom is -0.305 e. The van der Waals surface area contributed by atoms with Gasteiger partial charge in [-0.05, 0) is 12.3 Å². The Morgan fingerprint density at radius 1 is 1.60 bits per heavy atom. The van der Waals surface area contributed by atoms with Crippen molar-refractivity contribution in [2.45, 2.75) is 5.16 Å². The maximum atomic E-state index is 11.3. The lowest BCUT2D eigenvalue weighted by Gasteiger charge is -1.98. The first-order chi connectivity index (χ1) is 7.24. The summed E-state index contributed by atoms with van der Waals surface area (Å²) in [5.74, 6) is 0. The Hall–Kier alpha value is -1.87. The van der Waals surface area contributed by atoms with Gasteiger partial charge < -0.3 is 4.98 Å². The highest BCUT2D eigenvalue weighted by Crippen LogP contribution is 2.12. The third kappa shape index (κ3) is 1.69. The van der Waals surface area contributed by atoms with Crippen LogP contribution in [0.1, 0.15) is 5.56 Å². The summed E-state index contributed by atoms with van der Waals surface area (Å²) in [5.41, 5.74) is 0.108. The van der Waals surface area contributed by atoms with Crippen LogP contribution in [0.5, 0.6) is 0 Å². The van der Waals surface area contributed by atoms with Gasteiger partial charge >= 0.3 is 0 Å². The molecule has 0 bridgehead atoms. The van der Waals surface area contributed by atoms with Crippen molar-refractivity contribution in [1.82, 2.24) is 15.0 Å². The van der Waals surface area contributed by atoms with Gasteiger partial charge in [0.2, 0.25) is 0 Å². The first-order valence-electron chi connectivity index (χ1n) is 4.09. The Balaban J connectivity index is 2.77. The topological polar surface area (TPSA) is 82.4 Å². The average Bonchev–Trinajstić information content (AvgIpc) is 2.27. The Morgan fingerprint density at radius 2 is 2.40 bits per heavy atom.